The van der Waals surface area contributed by atoms with Crippen molar-refractivity contribution in [3.05, 3.63) is 48.2 Å². The first kappa shape index (κ1) is 19.3. The molecule has 29 heavy (non-hydrogen) atoms. The molecule has 0 spiro atoms. The van der Waals surface area contributed by atoms with Gasteiger partial charge in [-0.25, -0.2) is 8.42 Å². The standard InChI is InChI=1S/C21H22N2O5S/c1-13-10-14(4-7-17(13)23-29(24,25)15-5-6-15)28-19-8-9-22-18-12-21(27-3)20(26-2)11-16(18)19/h4,7-12,15,23H,5-6H2,1-3H3. The van der Waals surface area contributed by atoms with Crippen LogP contribution in [0.4, 0.5) is 5.69 Å². The Morgan fingerprint density at radius 3 is 2.38 bits per heavy atom. The SMILES string of the molecule is COc1cc2nccc(Oc3ccc(NS(=O)(=O)C4CC4)c(C)c3)c2cc1OC. The van der Waals surface area contributed by atoms with E-state index in [0.717, 1.165) is 23.8 Å². The number of anilines is 1. The predicted molar refractivity (Wildman–Crippen MR) is 112 cm³/mol. The van der Waals surface area contributed by atoms with E-state index in [1.165, 1.54) is 0 Å². The van der Waals surface area contributed by atoms with Gasteiger partial charge in [0.25, 0.3) is 0 Å². The summed E-state index contributed by atoms with van der Waals surface area (Å²) in [5.41, 5.74) is 2.06. The molecule has 0 bridgehead atoms. The Labute approximate surface area is 169 Å². The van der Waals surface area contributed by atoms with E-state index in [-0.39, 0.29) is 5.25 Å². The van der Waals surface area contributed by atoms with Gasteiger partial charge in [-0.1, -0.05) is 0 Å². The summed E-state index contributed by atoms with van der Waals surface area (Å²) in [6, 6.07) is 10.6. The maximum Gasteiger partial charge on any atom is 0.235 e. The van der Waals surface area contributed by atoms with Gasteiger partial charge in [0.15, 0.2) is 11.5 Å². The van der Waals surface area contributed by atoms with E-state index in [4.69, 9.17) is 14.2 Å². The summed E-state index contributed by atoms with van der Waals surface area (Å²) in [7, 11) is -0.152. The lowest BCUT2D eigenvalue weighted by atomic mass is 10.1. The molecule has 1 aliphatic rings. The maximum atomic E-state index is 12.2. The number of rotatable bonds is 7. The van der Waals surface area contributed by atoms with E-state index < -0.39 is 10.0 Å². The van der Waals surface area contributed by atoms with Crippen LogP contribution in [0.25, 0.3) is 10.9 Å². The molecule has 0 radical (unpaired) electrons. The van der Waals surface area contributed by atoms with E-state index in [1.54, 1.807) is 50.7 Å². The van der Waals surface area contributed by atoms with E-state index in [9.17, 15) is 8.42 Å². The Hall–Kier alpha value is -3.00. The summed E-state index contributed by atoms with van der Waals surface area (Å²) < 4.78 is 43.8. The van der Waals surface area contributed by atoms with Crippen LogP contribution in [-0.2, 0) is 10.0 Å². The maximum absolute atomic E-state index is 12.2. The predicted octanol–water partition coefficient (Wildman–Crippen LogP) is 4.26. The van der Waals surface area contributed by atoms with Crippen LogP contribution in [0.15, 0.2) is 42.6 Å². The number of nitrogens with one attached hydrogen (secondary N) is 1. The smallest absolute Gasteiger partial charge is 0.235 e. The second kappa shape index (κ2) is 7.44. The molecule has 1 fully saturated rings. The van der Waals surface area contributed by atoms with Gasteiger partial charge < -0.3 is 14.2 Å². The zero-order chi connectivity index (χ0) is 20.6. The van der Waals surface area contributed by atoms with Crippen molar-refractivity contribution in [2.45, 2.75) is 25.0 Å². The third-order valence-corrected chi connectivity index (χ3v) is 6.70. The molecule has 0 saturated heterocycles. The Kier molecular flexibility index (Phi) is 4.96. The number of benzene rings is 2. The summed E-state index contributed by atoms with van der Waals surface area (Å²) in [4.78, 5) is 4.37. The molecule has 0 atom stereocenters. The average molecular weight is 414 g/mol. The van der Waals surface area contributed by atoms with Gasteiger partial charge in [0.2, 0.25) is 10.0 Å². The van der Waals surface area contributed by atoms with Crippen LogP contribution in [0.3, 0.4) is 0 Å². The molecule has 4 rings (SSSR count). The highest BCUT2D eigenvalue weighted by Gasteiger charge is 2.35. The fraction of sp³-hybridized carbons (Fsp3) is 0.286. The average Bonchev–Trinajstić information content (AvgIpc) is 3.55. The Bertz CT molecular complexity index is 1170. The number of nitrogens with zero attached hydrogens (tertiary/aromatic N) is 1. The van der Waals surface area contributed by atoms with Gasteiger partial charge in [0.05, 0.1) is 30.7 Å². The van der Waals surface area contributed by atoms with E-state index in [0.29, 0.717) is 34.2 Å². The lowest BCUT2D eigenvalue weighted by Gasteiger charge is -2.14. The minimum atomic E-state index is -3.30. The van der Waals surface area contributed by atoms with Crippen molar-refractivity contribution in [2.75, 3.05) is 18.9 Å². The normalized spacial score (nSPS) is 13.9. The van der Waals surface area contributed by atoms with E-state index in [2.05, 4.69) is 9.71 Å². The van der Waals surface area contributed by atoms with Crippen molar-refractivity contribution in [2.24, 2.45) is 0 Å². The van der Waals surface area contributed by atoms with Crippen LogP contribution in [0.2, 0.25) is 0 Å². The highest BCUT2D eigenvalue weighted by Crippen LogP contribution is 2.37. The Balaban J connectivity index is 1.63. The number of ether oxygens (including phenoxy) is 3. The molecule has 1 heterocycles. The van der Waals surface area contributed by atoms with Crippen LogP contribution in [0, 0.1) is 6.92 Å². The van der Waals surface area contributed by atoms with Crippen molar-refractivity contribution in [1.82, 2.24) is 4.98 Å². The van der Waals surface area contributed by atoms with Gasteiger partial charge in [-0.15, -0.1) is 0 Å². The molecule has 8 heteroatoms. The lowest BCUT2D eigenvalue weighted by Crippen LogP contribution is -2.17. The first-order chi connectivity index (χ1) is 13.9. The number of pyridine rings is 1. The summed E-state index contributed by atoms with van der Waals surface area (Å²) >= 11 is 0. The number of fused-ring (bicyclic) bond motifs is 1. The molecular formula is C21H22N2O5S. The Morgan fingerprint density at radius 1 is 1.00 bits per heavy atom. The van der Waals surface area contributed by atoms with E-state index in [1.807, 2.05) is 13.0 Å². The molecule has 3 aromatic rings. The molecule has 0 unspecified atom stereocenters. The topological polar surface area (TPSA) is 86.8 Å². The number of aromatic nitrogens is 1. The molecule has 1 N–H and O–H groups in total. The number of sulfonamides is 1. The van der Waals surface area contributed by atoms with Gasteiger partial charge >= 0.3 is 0 Å². The molecule has 1 saturated carbocycles. The van der Waals surface area contributed by atoms with Gasteiger partial charge in [-0.05, 0) is 55.7 Å². The number of hydrogen-bond acceptors (Lipinski definition) is 6. The molecule has 152 valence electrons. The highest BCUT2D eigenvalue weighted by atomic mass is 32.2. The monoisotopic (exact) mass is 414 g/mol. The van der Waals surface area contributed by atoms with Crippen LogP contribution in [0.1, 0.15) is 18.4 Å². The van der Waals surface area contributed by atoms with Crippen molar-refractivity contribution in [1.29, 1.82) is 0 Å². The quantitative estimate of drug-likeness (QED) is 0.622. The molecule has 7 nitrogen and oxygen atoms in total. The molecular weight excluding hydrogens is 392 g/mol. The van der Waals surface area contributed by atoms with Gasteiger partial charge in [0.1, 0.15) is 11.5 Å². The third-order valence-electron chi connectivity index (χ3n) is 4.85. The molecule has 1 aliphatic carbocycles. The molecule has 2 aromatic carbocycles. The minimum Gasteiger partial charge on any atom is -0.493 e. The van der Waals surface area contributed by atoms with E-state index >= 15 is 0 Å². The summed E-state index contributed by atoms with van der Waals surface area (Å²) in [6.45, 7) is 1.84. The third kappa shape index (κ3) is 3.93. The van der Waals surface area contributed by atoms with Crippen LogP contribution in [-0.4, -0.2) is 32.9 Å². The van der Waals surface area contributed by atoms with Crippen LogP contribution >= 0.6 is 0 Å². The van der Waals surface area contributed by atoms with Crippen LogP contribution in [0.5, 0.6) is 23.0 Å². The largest absolute Gasteiger partial charge is 0.493 e. The molecule has 1 aromatic heterocycles. The first-order valence-electron chi connectivity index (χ1n) is 9.22. The highest BCUT2D eigenvalue weighted by molar-refractivity contribution is 7.93. The van der Waals surface area contributed by atoms with Gasteiger partial charge in [-0.2, -0.15) is 0 Å². The lowest BCUT2D eigenvalue weighted by molar-refractivity contribution is 0.355. The number of methoxy groups -OCH3 is 2. The van der Waals surface area contributed by atoms with Crippen molar-refractivity contribution in [3.8, 4) is 23.0 Å². The second-order valence-corrected chi connectivity index (χ2v) is 8.92. The second-order valence-electron chi connectivity index (χ2n) is 6.96. The zero-order valence-electron chi connectivity index (χ0n) is 16.4. The minimum absolute atomic E-state index is 0.270. The summed E-state index contributed by atoms with van der Waals surface area (Å²) in [6.07, 6.45) is 3.10. The van der Waals surface area contributed by atoms with Crippen molar-refractivity contribution < 1.29 is 22.6 Å². The Morgan fingerprint density at radius 2 is 1.72 bits per heavy atom. The van der Waals surface area contributed by atoms with Gasteiger partial charge in [-0.3, -0.25) is 9.71 Å². The zero-order valence-corrected chi connectivity index (χ0v) is 17.2. The fourth-order valence-corrected chi connectivity index (χ4v) is 4.55. The van der Waals surface area contributed by atoms with Crippen LogP contribution < -0.4 is 18.9 Å². The summed E-state index contributed by atoms with van der Waals surface area (Å²) in [5.74, 6) is 2.38. The van der Waals surface area contributed by atoms with Crippen molar-refractivity contribution in [3.63, 3.8) is 0 Å². The van der Waals surface area contributed by atoms with Gasteiger partial charge in [0, 0.05) is 17.6 Å². The summed E-state index contributed by atoms with van der Waals surface area (Å²) in [5, 5.41) is 0.509. The number of hydrogen-bond donors (Lipinski definition) is 1. The molecule has 0 amide bonds. The fourth-order valence-electron chi connectivity index (χ4n) is 3.09. The first-order valence-corrected chi connectivity index (χ1v) is 10.8. The molecule has 0 aliphatic heterocycles. The number of aryl methyl sites for hydroxylation is 1. The van der Waals surface area contributed by atoms with Crippen molar-refractivity contribution >= 4 is 26.6 Å².